The largest absolute Gasteiger partial charge is 0.481 e. The average molecular weight is 435 g/mol. The SMILES string of the molecule is O=C(O)CCNC(=O)c1ccc(-c2ccc(OC3(C(F)(F)F)CCCCC3)cc2)cc1. The zero-order valence-corrected chi connectivity index (χ0v) is 16.9. The standard InChI is InChI=1S/C23H24F3NO4/c24-23(25,26)22(13-2-1-3-14-22)31-19-10-8-17(9-11-19)16-4-6-18(7-5-16)21(30)27-15-12-20(28)29/h4-11H,1-3,12-15H2,(H,27,30)(H,28,29). The molecule has 2 N–H and O–H groups in total. The van der Waals surface area contributed by atoms with Crippen LogP contribution in [0, 0.1) is 0 Å². The number of carbonyl (C=O) groups is 2. The van der Waals surface area contributed by atoms with Gasteiger partial charge in [0.1, 0.15) is 5.75 Å². The van der Waals surface area contributed by atoms with Gasteiger partial charge in [0.25, 0.3) is 5.91 Å². The van der Waals surface area contributed by atoms with E-state index in [9.17, 15) is 22.8 Å². The number of alkyl halides is 3. The Morgan fingerprint density at radius 2 is 1.48 bits per heavy atom. The summed E-state index contributed by atoms with van der Waals surface area (Å²) in [7, 11) is 0. The molecule has 1 saturated carbocycles. The number of carboxylic acid groups (broad SMARTS) is 1. The summed E-state index contributed by atoms with van der Waals surface area (Å²) in [6.07, 6.45) is -2.88. The maximum absolute atomic E-state index is 13.7. The first kappa shape index (κ1) is 22.7. The number of benzene rings is 2. The molecule has 1 amide bonds. The fourth-order valence-electron chi connectivity index (χ4n) is 3.71. The molecule has 1 fully saturated rings. The Hall–Kier alpha value is -3.03. The summed E-state index contributed by atoms with van der Waals surface area (Å²) >= 11 is 0. The lowest BCUT2D eigenvalue weighted by Crippen LogP contribution is -2.51. The minimum atomic E-state index is -4.42. The molecule has 2 aromatic carbocycles. The zero-order valence-electron chi connectivity index (χ0n) is 16.9. The maximum atomic E-state index is 13.7. The molecule has 0 aliphatic heterocycles. The molecule has 8 heteroatoms. The predicted molar refractivity (Wildman–Crippen MR) is 109 cm³/mol. The second-order valence-electron chi connectivity index (χ2n) is 7.66. The smallest absolute Gasteiger partial charge is 0.428 e. The molecule has 1 aliphatic carbocycles. The van der Waals surface area contributed by atoms with Gasteiger partial charge in [-0.2, -0.15) is 13.2 Å². The highest BCUT2D eigenvalue weighted by atomic mass is 19.4. The summed E-state index contributed by atoms with van der Waals surface area (Å²) in [5.74, 6) is -1.19. The van der Waals surface area contributed by atoms with Crippen molar-refractivity contribution in [3.05, 3.63) is 54.1 Å². The number of ether oxygens (including phenoxy) is 1. The lowest BCUT2D eigenvalue weighted by atomic mass is 9.84. The van der Waals surface area contributed by atoms with E-state index in [4.69, 9.17) is 9.84 Å². The highest BCUT2D eigenvalue weighted by Crippen LogP contribution is 2.44. The predicted octanol–water partition coefficient (Wildman–Crippen LogP) is 5.20. The Bertz CT molecular complexity index is 902. The summed E-state index contributed by atoms with van der Waals surface area (Å²) in [6, 6.07) is 13.1. The minimum Gasteiger partial charge on any atom is -0.481 e. The third kappa shape index (κ3) is 5.57. The highest BCUT2D eigenvalue weighted by Gasteiger charge is 2.57. The Labute approximate surface area is 178 Å². The van der Waals surface area contributed by atoms with Crippen LogP contribution in [-0.2, 0) is 4.79 Å². The topological polar surface area (TPSA) is 75.6 Å². The average Bonchev–Trinajstić information content (AvgIpc) is 2.74. The number of nitrogens with one attached hydrogen (secondary N) is 1. The van der Waals surface area contributed by atoms with Crippen molar-refractivity contribution in [1.82, 2.24) is 5.32 Å². The third-order valence-corrected chi connectivity index (χ3v) is 5.45. The van der Waals surface area contributed by atoms with E-state index in [0.717, 1.165) is 17.5 Å². The van der Waals surface area contributed by atoms with Crippen LogP contribution >= 0.6 is 0 Å². The minimum absolute atomic E-state index is 0.0335. The quantitative estimate of drug-likeness (QED) is 0.627. The summed E-state index contributed by atoms with van der Waals surface area (Å²) < 4.78 is 46.5. The number of hydrogen-bond acceptors (Lipinski definition) is 3. The molecule has 31 heavy (non-hydrogen) atoms. The van der Waals surface area contributed by atoms with Crippen molar-refractivity contribution in [2.45, 2.75) is 50.3 Å². The van der Waals surface area contributed by atoms with E-state index in [-0.39, 0.29) is 37.5 Å². The maximum Gasteiger partial charge on any atom is 0.428 e. The molecule has 0 atom stereocenters. The molecular formula is C23H24F3NO4. The number of halogens is 3. The number of amides is 1. The van der Waals surface area contributed by atoms with E-state index in [2.05, 4.69) is 5.32 Å². The molecule has 3 rings (SSSR count). The van der Waals surface area contributed by atoms with Crippen LogP contribution in [0.3, 0.4) is 0 Å². The van der Waals surface area contributed by atoms with E-state index in [0.29, 0.717) is 18.4 Å². The van der Waals surface area contributed by atoms with E-state index in [1.165, 1.54) is 12.1 Å². The molecule has 1 aliphatic rings. The summed E-state index contributed by atoms with van der Waals surface area (Å²) in [5, 5.41) is 11.1. The number of carbonyl (C=O) groups excluding carboxylic acids is 1. The normalized spacial score (nSPS) is 15.8. The first-order valence-corrected chi connectivity index (χ1v) is 10.2. The molecule has 0 bridgehead atoms. The van der Waals surface area contributed by atoms with Crippen LogP contribution in [-0.4, -0.2) is 35.3 Å². The third-order valence-electron chi connectivity index (χ3n) is 5.45. The van der Waals surface area contributed by atoms with E-state index >= 15 is 0 Å². The van der Waals surface area contributed by atoms with Crippen LogP contribution in [0.1, 0.15) is 48.9 Å². The van der Waals surface area contributed by atoms with Gasteiger partial charge in [0.05, 0.1) is 6.42 Å². The van der Waals surface area contributed by atoms with E-state index in [1.54, 1.807) is 36.4 Å². The summed E-state index contributed by atoms with van der Waals surface area (Å²) in [5.41, 5.74) is -0.173. The monoisotopic (exact) mass is 435 g/mol. The van der Waals surface area contributed by atoms with Gasteiger partial charge in [-0.15, -0.1) is 0 Å². The van der Waals surface area contributed by atoms with Crippen LogP contribution in [0.2, 0.25) is 0 Å². The van der Waals surface area contributed by atoms with Crippen LogP contribution in [0.25, 0.3) is 11.1 Å². The Balaban J connectivity index is 1.67. The van der Waals surface area contributed by atoms with Crippen molar-refractivity contribution in [3.8, 4) is 16.9 Å². The van der Waals surface area contributed by atoms with Gasteiger partial charge < -0.3 is 15.2 Å². The summed E-state index contributed by atoms with van der Waals surface area (Å²) in [6.45, 7) is 0.0385. The van der Waals surface area contributed by atoms with Gasteiger partial charge in [0.15, 0.2) is 0 Å². The van der Waals surface area contributed by atoms with Gasteiger partial charge in [-0.3, -0.25) is 9.59 Å². The Morgan fingerprint density at radius 3 is 2.00 bits per heavy atom. The van der Waals surface area contributed by atoms with Crippen molar-refractivity contribution in [2.75, 3.05) is 6.54 Å². The van der Waals surface area contributed by atoms with Gasteiger partial charge in [0, 0.05) is 12.1 Å². The van der Waals surface area contributed by atoms with Crippen molar-refractivity contribution < 1.29 is 32.6 Å². The number of aliphatic carboxylic acids is 1. The lowest BCUT2D eigenvalue weighted by Gasteiger charge is -2.39. The first-order chi connectivity index (χ1) is 14.7. The van der Waals surface area contributed by atoms with E-state index < -0.39 is 17.7 Å². The molecule has 166 valence electrons. The Kier molecular flexibility index (Phi) is 6.87. The van der Waals surface area contributed by atoms with Crippen LogP contribution in [0.5, 0.6) is 5.75 Å². The molecule has 2 aromatic rings. The van der Waals surface area contributed by atoms with Crippen molar-refractivity contribution in [3.63, 3.8) is 0 Å². The second-order valence-corrected chi connectivity index (χ2v) is 7.66. The molecule has 0 saturated heterocycles. The first-order valence-electron chi connectivity index (χ1n) is 10.2. The zero-order chi connectivity index (χ0) is 22.5. The van der Waals surface area contributed by atoms with Gasteiger partial charge >= 0.3 is 12.1 Å². The summed E-state index contributed by atoms with van der Waals surface area (Å²) in [4.78, 5) is 22.5. The van der Waals surface area contributed by atoms with Crippen molar-refractivity contribution >= 4 is 11.9 Å². The van der Waals surface area contributed by atoms with Crippen molar-refractivity contribution in [2.24, 2.45) is 0 Å². The Morgan fingerprint density at radius 1 is 0.935 bits per heavy atom. The molecule has 0 radical (unpaired) electrons. The van der Waals surface area contributed by atoms with Crippen LogP contribution in [0.4, 0.5) is 13.2 Å². The van der Waals surface area contributed by atoms with Gasteiger partial charge in [-0.25, -0.2) is 0 Å². The fourth-order valence-corrected chi connectivity index (χ4v) is 3.71. The second kappa shape index (κ2) is 9.41. The number of hydrogen-bond donors (Lipinski definition) is 2. The van der Waals surface area contributed by atoms with Crippen LogP contribution < -0.4 is 10.1 Å². The number of carboxylic acids is 1. The highest BCUT2D eigenvalue weighted by molar-refractivity contribution is 5.94. The number of rotatable bonds is 7. The molecule has 0 spiro atoms. The molecule has 0 heterocycles. The fraction of sp³-hybridized carbons (Fsp3) is 0.391. The molecule has 0 unspecified atom stereocenters. The van der Waals surface area contributed by atoms with Crippen LogP contribution in [0.15, 0.2) is 48.5 Å². The molecule has 5 nitrogen and oxygen atoms in total. The van der Waals surface area contributed by atoms with Gasteiger partial charge in [0.2, 0.25) is 5.60 Å². The molecule has 0 aromatic heterocycles. The van der Waals surface area contributed by atoms with E-state index in [1.807, 2.05) is 0 Å². The van der Waals surface area contributed by atoms with Crippen molar-refractivity contribution in [1.29, 1.82) is 0 Å². The lowest BCUT2D eigenvalue weighted by molar-refractivity contribution is -0.258. The van der Waals surface area contributed by atoms with Gasteiger partial charge in [-0.1, -0.05) is 30.7 Å². The van der Waals surface area contributed by atoms with Gasteiger partial charge in [-0.05, 0) is 61.1 Å². The molecular weight excluding hydrogens is 411 g/mol.